The summed E-state index contributed by atoms with van der Waals surface area (Å²) in [5.41, 5.74) is 2.97. The van der Waals surface area contributed by atoms with Gasteiger partial charge in [0.05, 0.1) is 10.6 Å². The fourth-order valence-electron chi connectivity index (χ4n) is 3.20. The molecule has 0 saturated heterocycles. The summed E-state index contributed by atoms with van der Waals surface area (Å²) in [5, 5.41) is 6.60. The van der Waals surface area contributed by atoms with Gasteiger partial charge in [-0.1, -0.05) is 35.5 Å². The maximum atomic E-state index is 12.5. The quantitative estimate of drug-likeness (QED) is 0.642. The summed E-state index contributed by atoms with van der Waals surface area (Å²) in [6.45, 7) is 3.46. The Labute approximate surface area is 169 Å². The molecule has 2 aromatic carbocycles. The Balaban J connectivity index is 1.40. The number of carbonyl (C=O) groups excluding carboxylic acids is 1. The molecular weight excluding hydrogens is 390 g/mol. The topological polar surface area (TPSA) is 101 Å². The first-order valence-corrected chi connectivity index (χ1v) is 10.7. The zero-order valence-electron chi connectivity index (χ0n) is 16.0. The van der Waals surface area contributed by atoms with Crippen LogP contribution in [0.4, 0.5) is 11.6 Å². The van der Waals surface area contributed by atoms with Crippen LogP contribution in [0.15, 0.2) is 64.0 Å². The number of hydrogen-bond acceptors (Lipinski definition) is 5. The minimum absolute atomic E-state index is 0.0552. The third kappa shape index (κ3) is 4.02. The standard InChI is InChI=1S/C21H21N3O4S/c1-13-14(2)23-28-21(13)24-29(26,27)17-10-8-16(9-11-17)22-20(25)19-12-18(19)15-6-4-3-5-7-15/h3-11,18-19,24H,12H2,1-2H3,(H,22,25). The van der Waals surface area contributed by atoms with Crippen molar-refractivity contribution >= 4 is 27.5 Å². The van der Waals surface area contributed by atoms with Gasteiger partial charge in [-0.25, -0.2) is 13.1 Å². The number of aromatic nitrogens is 1. The van der Waals surface area contributed by atoms with Crippen LogP contribution in [0.25, 0.3) is 0 Å². The van der Waals surface area contributed by atoms with Crippen molar-refractivity contribution in [2.24, 2.45) is 5.92 Å². The van der Waals surface area contributed by atoms with Crippen LogP contribution >= 0.6 is 0 Å². The van der Waals surface area contributed by atoms with Gasteiger partial charge in [0.25, 0.3) is 10.0 Å². The van der Waals surface area contributed by atoms with Crippen molar-refractivity contribution in [3.05, 3.63) is 71.4 Å². The molecule has 0 aliphatic heterocycles. The molecule has 0 spiro atoms. The van der Waals surface area contributed by atoms with Gasteiger partial charge in [0.1, 0.15) is 0 Å². The van der Waals surface area contributed by atoms with Gasteiger partial charge >= 0.3 is 0 Å². The zero-order valence-corrected chi connectivity index (χ0v) is 16.9. The van der Waals surface area contributed by atoms with Crippen LogP contribution in [0.1, 0.15) is 29.2 Å². The Bertz CT molecular complexity index is 1140. The van der Waals surface area contributed by atoms with Gasteiger partial charge < -0.3 is 9.84 Å². The first-order valence-electron chi connectivity index (χ1n) is 9.27. The summed E-state index contributed by atoms with van der Waals surface area (Å²) in [5.74, 6) is 0.231. The molecule has 1 heterocycles. The number of amides is 1. The predicted octanol–water partition coefficient (Wildman–Crippen LogP) is 3.83. The molecule has 2 N–H and O–H groups in total. The number of aryl methyl sites for hydroxylation is 1. The van der Waals surface area contributed by atoms with Crippen LogP contribution in [0.3, 0.4) is 0 Å². The van der Waals surface area contributed by atoms with Crippen LogP contribution < -0.4 is 10.0 Å². The molecule has 2 unspecified atom stereocenters. The average Bonchev–Trinajstić information content (AvgIpc) is 3.47. The zero-order chi connectivity index (χ0) is 20.6. The van der Waals surface area contributed by atoms with Crippen molar-refractivity contribution in [1.82, 2.24) is 5.16 Å². The predicted molar refractivity (Wildman–Crippen MR) is 109 cm³/mol. The number of benzene rings is 2. The molecule has 1 amide bonds. The minimum Gasteiger partial charge on any atom is -0.337 e. The SMILES string of the molecule is Cc1noc(NS(=O)(=O)c2ccc(NC(=O)C3CC3c3ccccc3)cc2)c1C. The lowest BCUT2D eigenvalue weighted by molar-refractivity contribution is -0.117. The molecule has 1 aliphatic carbocycles. The third-order valence-electron chi connectivity index (χ3n) is 5.17. The van der Waals surface area contributed by atoms with E-state index in [1.165, 1.54) is 12.1 Å². The fourth-order valence-corrected chi connectivity index (χ4v) is 4.24. The van der Waals surface area contributed by atoms with Crippen molar-refractivity contribution in [3.63, 3.8) is 0 Å². The van der Waals surface area contributed by atoms with E-state index in [0.717, 1.165) is 12.0 Å². The first-order chi connectivity index (χ1) is 13.8. The summed E-state index contributed by atoms with van der Waals surface area (Å²) in [6.07, 6.45) is 0.822. The van der Waals surface area contributed by atoms with E-state index in [9.17, 15) is 13.2 Å². The van der Waals surface area contributed by atoms with E-state index in [1.807, 2.05) is 30.3 Å². The highest BCUT2D eigenvalue weighted by Gasteiger charge is 2.43. The molecular formula is C21H21N3O4S. The van der Waals surface area contributed by atoms with Crippen LogP contribution in [0.2, 0.25) is 0 Å². The highest BCUT2D eigenvalue weighted by atomic mass is 32.2. The molecule has 29 heavy (non-hydrogen) atoms. The van der Waals surface area contributed by atoms with Crippen molar-refractivity contribution in [3.8, 4) is 0 Å². The molecule has 2 atom stereocenters. The number of sulfonamides is 1. The Kier molecular flexibility index (Phi) is 4.87. The Morgan fingerprint density at radius 3 is 2.38 bits per heavy atom. The Hall–Kier alpha value is -3.13. The largest absolute Gasteiger partial charge is 0.337 e. The van der Waals surface area contributed by atoms with E-state index in [0.29, 0.717) is 16.9 Å². The monoisotopic (exact) mass is 411 g/mol. The number of hydrogen-bond donors (Lipinski definition) is 2. The smallest absolute Gasteiger partial charge is 0.264 e. The van der Waals surface area contributed by atoms with Gasteiger partial charge in [-0.05, 0) is 56.0 Å². The number of anilines is 2. The van der Waals surface area contributed by atoms with Crippen LogP contribution in [-0.4, -0.2) is 19.5 Å². The minimum atomic E-state index is -3.81. The van der Waals surface area contributed by atoms with Gasteiger partial charge in [-0.15, -0.1) is 0 Å². The summed E-state index contributed by atoms with van der Waals surface area (Å²) in [6, 6.07) is 16.0. The van der Waals surface area contributed by atoms with E-state index < -0.39 is 10.0 Å². The second-order valence-corrected chi connectivity index (χ2v) is 8.88. The lowest BCUT2D eigenvalue weighted by Gasteiger charge is -2.08. The van der Waals surface area contributed by atoms with Crippen molar-refractivity contribution in [2.75, 3.05) is 10.0 Å². The molecule has 1 saturated carbocycles. The van der Waals surface area contributed by atoms with Gasteiger partial charge in [0, 0.05) is 17.2 Å². The molecule has 4 rings (SSSR count). The van der Waals surface area contributed by atoms with Gasteiger partial charge in [0.2, 0.25) is 11.8 Å². The molecule has 0 bridgehead atoms. The molecule has 7 nitrogen and oxygen atoms in total. The average molecular weight is 411 g/mol. The highest BCUT2D eigenvalue weighted by molar-refractivity contribution is 7.92. The number of carbonyl (C=O) groups is 1. The van der Waals surface area contributed by atoms with E-state index in [-0.39, 0.29) is 28.5 Å². The van der Waals surface area contributed by atoms with Gasteiger partial charge in [-0.2, -0.15) is 0 Å². The molecule has 150 valence electrons. The maximum Gasteiger partial charge on any atom is 0.264 e. The third-order valence-corrected chi connectivity index (χ3v) is 6.52. The molecule has 8 heteroatoms. The van der Waals surface area contributed by atoms with Crippen LogP contribution in [0, 0.1) is 19.8 Å². The molecule has 0 radical (unpaired) electrons. The Morgan fingerprint density at radius 1 is 1.07 bits per heavy atom. The van der Waals surface area contributed by atoms with E-state index in [4.69, 9.17) is 4.52 Å². The lowest BCUT2D eigenvalue weighted by Crippen LogP contribution is -2.15. The molecule has 1 aliphatic rings. The van der Waals surface area contributed by atoms with Crippen molar-refractivity contribution < 1.29 is 17.7 Å². The molecule has 3 aromatic rings. The van der Waals surface area contributed by atoms with Crippen molar-refractivity contribution in [2.45, 2.75) is 31.1 Å². The van der Waals surface area contributed by atoms with Crippen molar-refractivity contribution in [1.29, 1.82) is 0 Å². The second-order valence-electron chi connectivity index (χ2n) is 7.20. The lowest BCUT2D eigenvalue weighted by atomic mass is 10.1. The van der Waals surface area contributed by atoms with Gasteiger partial charge in [-0.3, -0.25) is 4.79 Å². The van der Waals surface area contributed by atoms with Gasteiger partial charge in [0.15, 0.2) is 0 Å². The normalized spacial score (nSPS) is 18.3. The molecule has 1 aromatic heterocycles. The Morgan fingerprint density at radius 2 is 1.76 bits per heavy atom. The van der Waals surface area contributed by atoms with Crippen LogP contribution in [0.5, 0.6) is 0 Å². The van der Waals surface area contributed by atoms with E-state index in [1.54, 1.807) is 26.0 Å². The summed E-state index contributed by atoms with van der Waals surface area (Å²) in [4.78, 5) is 12.5. The maximum absolute atomic E-state index is 12.5. The van der Waals surface area contributed by atoms with E-state index in [2.05, 4.69) is 15.2 Å². The summed E-state index contributed by atoms with van der Waals surface area (Å²) >= 11 is 0. The second kappa shape index (κ2) is 7.36. The molecule has 1 fully saturated rings. The van der Waals surface area contributed by atoms with Crippen LogP contribution in [-0.2, 0) is 14.8 Å². The van der Waals surface area contributed by atoms with E-state index >= 15 is 0 Å². The number of nitrogens with one attached hydrogen (secondary N) is 2. The fraction of sp³-hybridized carbons (Fsp3) is 0.238. The summed E-state index contributed by atoms with van der Waals surface area (Å²) < 4.78 is 32.5. The number of nitrogens with zero attached hydrogens (tertiary/aromatic N) is 1. The first kappa shape index (κ1) is 19.2. The number of rotatable bonds is 6. The summed E-state index contributed by atoms with van der Waals surface area (Å²) in [7, 11) is -3.81. The highest BCUT2D eigenvalue weighted by Crippen LogP contribution is 2.47.